The van der Waals surface area contributed by atoms with E-state index in [4.69, 9.17) is 11.8 Å². The molecule has 0 amide bonds. The van der Waals surface area contributed by atoms with Gasteiger partial charge in [0.15, 0.2) is 0 Å². The standard InChI is InChI=1S/C6H13N2PS/c1-2-9(10,7-3-4-7)8-5-6-8/h2-6H2,1H3. The SMILES string of the molecule is CCP(=S)(N1CC1)N1CC1. The molecule has 2 heterocycles. The third-order valence-corrected chi connectivity index (χ3v) is 7.70. The van der Waals surface area contributed by atoms with E-state index in [0.717, 1.165) is 0 Å². The molecule has 2 aliphatic rings. The average Bonchev–Trinajstić information content (AvgIpc) is 2.73. The van der Waals surface area contributed by atoms with Gasteiger partial charge >= 0.3 is 0 Å². The number of nitrogens with zero attached hydrogens (tertiary/aromatic N) is 2. The summed E-state index contributed by atoms with van der Waals surface area (Å²) in [6.45, 7) is 7.30. The Balaban J connectivity index is 2.11. The van der Waals surface area contributed by atoms with Gasteiger partial charge in [-0.2, -0.15) is 0 Å². The molecule has 0 aromatic carbocycles. The zero-order chi connectivity index (χ0) is 7.19. The summed E-state index contributed by atoms with van der Waals surface area (Å²) in [4.78, 5) is 0. The summed E-state index contributed by atoms with van der Waals surface area (Å²) in [5, 5.41) is 0. The summed E-state index contributed by atoms with van der Waals surface area (Å²) in [5.74, 6) is 0. The molecule has 2 fully saturated rings. The van der Waals surface area contributed by atoms with Crippen molar-refractivity contribution >= 4 is 18.1 Å². The van der Waals surface area contributed by atoms with Crippen LogP contribution < -0.4 is 0 Å². The van der Waals surface area contributed by atoms with Gasteiger partial charge in [-0.15, -0.1) is 0 Å². The van der Waals surface area contributed by atoms with Crippen LogP contribution in [0.3, 0.4) is 0 Å². The summed E-state index contributed by atoms with van der Waals surface area (Å²) in [7, 11) is 0. The van der Waals surface area contributed by atoms with Crippen molar-refractivity contribution in [2.24, 2.45) is 0 Å². The summed E-state index contributed by atoms with van der Waals surface area (Å²) in [6, 6.07) is 0. The van der Waals surface area contributed by atoms with Crippen molar-refractivity contribution in [1.29, 1.82) is 0 Å². The van der Waals surface area contributed by atoms with E-state index in [1.165, 1.54) is 32.3 Å². The van der Waals surface area contributed by atoms with E-state index in [2.05, 4.69) is 16.3 Å². The Morgan fingerprint density at radius 1 is 1.20 bits per heavy atom. The predicted molar refractivity (Wildman–Crippen MR) is 48.0 cm³/mol. The molecule has 2 nitrogen and oxygen atoms in total. The molecular weight excluding hydrogens is 163 g/mol. The van der Waals surface area contributed by atoms with Crippen molar-refractivity contribution < 1.29 is 0 Å². The topological polar surface area (TPSA) is 6.02 Å². The van der Waals surface area contributed by atoms with Gasteiger partial charge in [-0.3, -0.25) is 9.34 Å². The second-order valence-corrected chi connectivity index (χ2v) is 7.74. The fourth-order valence-electron chi connectivity index (χ4n) is 1.29. The van der Waals surface area contributed by atoms with Gasteiger partial charge in [0, 0.05) is 26.2 Å². The van der Waals surface area contributed by atoms with Gasteiger partial charge in [-0.1, -0.05) is 18.7 Å². The molecule has 4 heteroatoms. The van der Waals surface area contributed by atoms with Crippen molar-refractivity contribution in [2.75, 3.05) is 32.3 Å². The highest BCUT2D eigenvalue weighted by molar-refractivity contribution is 8.12. The van der Waals surface area contributed by atoms with Gasteiger partial charge in [0.2, 0.25) is 0 Å². The summed E-state index contributed by atoms with van der Waals surface area (Å²) >= 11 is 5.64. The maximum Gasteiger partial charge on any atom is 0.0774 e. The van der Waals surface area contributed by atoms with Crippen LogP contribution in [0.2, 0.25) is 0 Å². The van der Waals surface area contributed by atoms with E-state index in [9.17, 15) is 0 Å². The quantitative estimate of drug-likeness (QED) is 0.466. The zero-order valence-corrected chi connectivity index (χ0v) is 8.00. The fraction of sp³-hybridized carbons (Fsp3) is 1.00. The molecule has 10 heavy (non-hydrogen) atoms. The Bertz CT molecular complexity index is 170. The minimum Gasteiger partial charge on any atom is -0.261 e. The largest absolute Gasteiger partial charge is 0.261 e. The van der Waals surface area contributed by atoms with Gasteiger partial charge in [0.25, 0.3) is 0 Å². The lowest BCUT2D eigenvalue weighted by Crippen LogP contribution is -2.05. The Hall–Kier alpha value is 0.570. The highest BCUT2D eigenvalue weighted by Crippen LogP contribution is 2.59. The smallest absolute Gasteiger partial charge is 0.0774 e. The van der Waals surface area contributed by atoms with Crippen LogP contribution in [-0.2, 0) is 11.8 Å². The molecule has 2 rings (SSSR count). The molecular formula is C6H13N2PS. The lowest BCUT2D eigenvalue weighted by molar-refractivity contribution is 0.790. The third kappa shape index (κ3) is 1.06. The molecule has 0 aromatic rings. The highest BCUT2D eigenvalue weighted by Gasteiger charge is 2.41. The molecule has 2 saturated heterocycles. The minimum absolute atomic E-state index is 1.12. The molecule has 0 saturated carbocycles. The molecule has 0 radical (unpaired) electrons. The number of hydrogen-bond donors (Lipinski definition) is 0. The molecule has 0 aromatic heterocycles. The zero-order valence-electron chi connectivity index (χ0n) is 6.29. The van der Waals surface area contributed by atoms with Gasteiger partial charge < -0.3 is 0 Å². The van der Waals surface area contributed by atoms with Gasteiger partial charge in [0.05, 0.1) is 6.34 Å². The van der Waals surface area contributed by atoms with Gasteiger partial charge in [0.1, 0.15) is 0 Å². The van der Waals surface area contributed by atoms with Crippen LogP contribution in [0.1, 0.15) is 6.92 Å². The lowest BCUT2D eigenvalue weighted by Gasteiger charge is -2.22. The monoisotopic (exact) mass is 176 g/mol. The van der Waals surface area contributed by atoms with E-state index in [0.29, 0.717) is 0 Å². The Morgan fingerprint density at radius 2 is 1.60 bits per heavy atom. The van der Waals surface area contributed by atoms with E-state index >= 15 is 0 Å². The van der Waals surface area contributed by atoms with Crippen molar-refractivity contribution in [2.45, 2.75) is 6.92 Å². The van der Waals surface area contributed by atoms with Crippen molar-refractivity contribution in [3.8, 4) is 0 Å². The fourth-order valence-corrected chi connectivity index (χ4v) is 4.86. The van der Waals surface area contributed by atoms with E-state index in [-0.39, 0.29) is 0 Å². The average molecular weight is 176 g/mol. The van der Waals surface area contributed by atoms with E-state index < -0.39 is 6.34 Å². The maximum absolute atomic E-state index is 5.64. The maximum atomic E-state index is 5.64. The lowest BCUT2D eigenvalue weighted by atomic mass is 11.0. The summed E-state index contributed by atoms with van der Waals surface area (Å²) < 4.78 is 4.96. The van der Waals surface area contributed by atoms with E-state index in [1.54, 1.807) is 0 Å². The predicted octanol–water partition coefficient (Wildman–Crippen LogP) is 0.947. The third-order valence-electron chi connectivity index (χ3n) is 2.14. The van der Waals surface area contributed by atoms with Crippen molar-refractivity contribution in [1.82, 2.24) is 9.34 Å². The molecule has 0 unspecified atom stereocenters. The minimum atomic E-state index is -1.12. The highest BCUT2D eigenvalue weighted by atomic mass is 32.4. The molecule has 0 atom stereocenters. The molecule has 2 aliphatic heterocycles. The Kier molecular flexibility index (Phi) is 1.65. The molecule has 58 valence electrons. The number of rotatable bonds is 3. The van der Waals surface area contributed by atoms with Crippen LogP contribution >= 0.6 is 6.34 Å². The van der Waals surface area contributed by atoms with E-state index in [1.807, 2.05) is 0 Å². The van der Waals surface area contributed by atoms with Crippen LogP contribution in [0, 0.1) is 0 Å². The van der Waals surface area contributed by atoms with Crippen LogP contribution in [0.25, 0.3) is 0 Å². The first-order valence-corrected chi connectivity index (χ1v) is 6.76. The first-order valence-electron chi connectivity index (χ1n) is 3.87. The first-order chi connectivity index (χ1) is 4.77. The van der Waals surface area contributed by atoms with Gasteiger partial charge in [-0.25, -0.2) is 0 Å². The summed E-state index contributed by atoms with van der Waals surface area (Å²) in [5.41, 5.74) is 0. The van der Waals surface area contributed by atoms with Crippen LogP contribution in [-0.4, -0.2) is 41.7 Å². The second kappa shape index (κ2) is 2.28. The van der Waals surface area contributed by atoms with Crippen molar-refractivity contribution in [3.63, 3.8) is 0 Å². The molecule has 0 aliphatic carbocycles. The molecule has 0 bridgehead atoms. The van der Waals surface area contributed by atoms with Crippen LogP contribution in [0.4, 0.5) is 0 Å². The number of hydrogen-bond acceptors (Lipinski definition) is 1. The normalized spacial score (nSPS) is 26.9. The van der Waals surface area contributed by atoms with Crippen LogP contribution in [0.15, 0.2) is 0 Å². The summed E-state index contributed by atoms with van der Waals surface area (Å²) in [6.07, 6.45) is 0.0748. The molecule has 0 spiro atoms. The Morgan fingerprint density at radius 3 is 1.80 bits per heavy atom. The Labute approximate surface area is 67.3 Å². The first kappa shape index (κ1) is 7.23. The second-order valence-electron chi connectivity index (χ2n) is 2.89. The van der Waals surface area contributed by atoms with Crippen molar-refractivity contribution in [3.05, 3.63) is 0 Å². The molecule has 0 N–H and O–H groups in total. The van der Waals surface area contributed by atoms with Gasteiger partial charge in [-0.05, 0) is 6.16 Å². The van der Waals surface area contributed by atoms with Crippen LogP contribution in [0.5, 0.6) is 0 Å².